The van der Waals surface area contributed by atoms with Crippen molar-refractivity contribution in [2.24, 2.45) is 0 Å². The lowest BCUT2D eigenvalue weighted by atomic mass is 9.96. The van der Waals surface area contributed by atoms with Crippen molar-refractivity contribution in [1.29, 1.82) is 0 Å². The second-order valence-corrected chi connectivity index (χ2v) is 10.3. The molecule has 1 unspecified atom stereocenters. The summed E-state index contributed by atoms with van der Waals surface area (Å²) in [4.78, 5) is 15.4. The second-order valence-electron chi connectivity index (χ2n) is 8.38. The predicted octanol–water partition coefficient (Wildman–Crippen LogP) is 4.24. The molecule has 0 radical (unpaired) electrons. The Hall–Kier alpha value is -2.38. The van der Waals surface area contributed by atoms with E-state index >= 15 is 0 Å². The maximum absolute atomic E-state index is 13.6. The first-order chi connectivity index (χ1) is 14.9. The maximum atomic E-state index is 13.6. The largest absolute Gasteiger partial charge is 0.495 e. The van der Waals surface area contributed by atoms with Gasteiger partial charge in [0.2, 0.25) is 10.0 Å². The van der Waals surface area contributed by atoms with Gasteiger partial charge >= 0.3 is 0 Å². The van der Waals surface area contributed by atoms with Gasteiger partial charge in [0.15, 0.2) is 0 Å². The predicted molar refractivity (Wildman–Crippen MR) is 121 cm³/mol. The Morgan fingerprint density at radius 1 is 1.03 bits per heavy atom. The number of carbonyl (C=O) groups excluding carboxylic acids is 1. The molecule has 1 amide bonds. The van der Waals surface area contributed by atoms with Crippen LogP contribution in [0.15, 0.2) is 47.4 Å². The van der Waals surface area contributed by atoms with E-state index in [0.717, 1.165) is 49.8 Å². The summed E-state index contributed by atoms with van der Waals surface area (Å²) in [6, 6.07) is 12.7. The Morgan fingerprint density at radius 3 is 2.45 bits per heavy atom. The van der Waals surface area contributed by atoms with Gasteiger partial charge in [0, 0.05) is 30.4 Å². The number of aryl methyl sites for hydroxylation is 1. The maximum Gasteiger partial charge on any atom is 0.258 e. The lowest BCUT2D eigenvalue weighted by molar-refractivity contribution is 0.0975. The van der Waals surface area contributed by atoms with Gasteiger partial charge in [0.05, 0.1) is 7.11 Å². The number of fused-ring (bicyclic) bond motifs is 1. The molecule has 0 aromatic heterocycles. The highest BCUT2D eigenvalue weighted by Gasteiger charge is 2.32. The van der Waals surface area contributed by atoms with Crippen LogP contribution in [0.25, 0.3) is 0 Å². The van der Waals surface area contributed by atoms with Crippen molar-refractivity contribution in [3.8, 4) is 5.75 Å². The number of para-hydroxylation sites is 1. The van der Waals surface area contributed by atoms with Crippen molar-refractivity contribution in [2.45, 2.75) is 56.4 Å². The number of rotatable bonds is 4. The van der Waals surface area contributed by atoms with Crippen LogP contribution in [0.2, 0.25) is 0 Å². The van der Waals surface area contributed by atoms with Crippen LogP contribution in [0.5, 0.6) is 5.75 Å². The molecular weight excluding hydrogens is 412 g/mol. The van der Waals surface area contributed by atoms with Crippen molar-refractivity contribution >= 4 is 21.6 Å². The molecule has 1 fully saturated rings. The molecule has 6 nitrogen and oxygen atoms in total. The van der Waals surface area contributed by atoms with E-state index in [4.69, 9.17) is 4.74 Å². The Morgan fingerprint density at radius 2 is 1.74 bits per heavy atom. The highest BCUT2D eigenvalue weighted by Crippen LogP contribution is 2.34. The van der Waals surface area contributed by atoms with Crippen molar-refractivity contribution in [1.82, 2.24) is 4.31 Å². The first-order valence-corrected chi connectivity index (χ1v) is 12.5. The number of hydrogen-bond donors (Lipinski definition) is 0. The number of hydrogen-bond acceptors (Lipinski definition) is 4. The molecule has 2 aromatic carbocycles. The standard InChI is InChI=1S/C24H30N2O4S/c1-18-11-12-19-9-5-6-10-21(19)26(18)24(27)20-13-14-22(30-2)23(17-20)31(28,29)25-15-7-3-4-8-16-25/h5-6,9-10,13-14,17-18H,3-4,7-8,11-12,15-16H2,1-2H3. The number of nitrogens with zero attached hydrogens (tertiary/aromatic N) is 2. The van der Waals surface area contributed by atoms with E-state index in [2.05, 4.69) is 0 Å². The van der Waals surface area contributed by atoms with E-state index in [1.54, 1.807) is 17.0 Å². The van der Waals surface area contributed by atoms with E-state index in [-0.39, 0.29) is 22.6 Å². The second kappa shape index (κ2) is 9.01. The van der Waals surface area contributed by atoms with Gasteiger partial charge in [-0.1, -0.05) is 31.0 Å². The molecule has 2 heterocycles. The van der Waals surface area contributed by atoms with Gasteiger partial charge < -0.3 is 9.64 Å². The zero-order valence-electron chi connectivity index (χ0n) is 18.2. The third-order valence-electron chi connectivity index (χ3n) is 6.34. The van der Waals surface area contributed by atoms with Crippen LogP contribution in [-0.4, -0.2) is 44.9 Å². The fourth-order valence-electron chi connectivity index (χ4n) is 4.57. The van der Waals surface area contributed by atoms with Crippen LogP contribution >= 0.6 is 0 Å². The summed E-state index contributed by atoms with van der Waals surface area (Å²) < 4.78 is 33.8. The lowest BCUT2D eigenvalue weighted by Crippen LogP contribution is -2.42. The van der Waals surface area contributed by atoms with Crippen molar-refractivity contribution in [3.05, 3.63) is 53.6 Å². The van der Waals surface area contributed by atoms with Crippen LogP contribution in [0.3, 0.4) is 0 Å². The quantitative estimate of drug-likeness (QED) is 0.710. The van der Waals surface area contributed by atoms with E-state index in [0.29, 0.717) is 18.7 Å². The van der Waals surface area contributed by atoms with E-state index in [1.165, 1.54) is 17.5 Å². The van der Waals surface area contributed by atoms with E-state index in [1.807, 2.05) is 31.2 Å². The summed E-state index contributed by atoms with van der Waals surface area (Å²) in [5.74, 6) is 0.0857. The third kappa shape index (κ3) is 4.21. The number of methoxy groups -OCH3 is 1. The molecular formula is C24H30N2O4S. The zero-order chi connectivity index (χ0) is 22.0. The Kier molecular flexibility index (Phi) is 6.34. The number of amides is 1. The van der Waals surface area contributed by atoms with Crippen LogP contribution in [0.1, 0.15) is 54.9 Å². The van der Waals surface area contributed by atoms with Gasteiger partial charge in [-0.3, -0.25) is 4.79 Å². The van der Waals surface area contributed by atoms with Gasteiger partial charge in [-0.25, -0.2) is 8.42 Å². The van der Waals surface area contributed by atoms with Crippen molar-refractivity contribution in [3.63, 3.8) is 0 Å². The minimum Gasteiger partial charge on any atom is -0.495 e. The van der Waals surface area contributed by atoms with Crippen LogP contribution < -0.4 is 9.64 Å². The summed E-state index contributed by atoms with van der Waals surface area (Å²) in [6.07, 6.45) is 5.57. The molecule has 7 heteroatoms. The number of sulfonamides is 1. The molecule has 1 saturated heterocycles. The van der Waals surface area contributed by atoms with Gasteiger partial charge in [-0.15, -0.1) is 0 Å². The monoisotopic (exact) mass is 442 g/mol. The molecule has 0 aliphatic carbocycles. The minimum absolute atomic E-state index is 0.0372. The zero-order valence-corrected chi connectivity index (χ0v) is 19.0. The molecule has 0 spiro atoms. The van der Waals surface area contributed by atoms with E-state index < -0.39 is 10.0 Å². The third-order valence-corrected chi connectivity index (χ3v) is 8.26. The molecule has 1 atom stereocenters. The average molecular weight is 443 g/mol. The summed E-state index contributed by atoms with van der Waals surface area (Å²) in [7, 11) is -2.29. The van der Waals surface area contributed by atoms with Gasteiger partial charge in [-0.2, -0.15) is 4.31 Å². The summed E-state index contributed by atoms with van der Waals surface area (Å²) in [5, 5.41) is 0. The molecule has 0 N–H and O–H groups in total. The summed E-state index contributed by atoms with van der Waals surface area (Å²) in [6.45, 7) is 3.03. The normalized spacial score (nSPS) is 20.1. The summed E-state index contributed by atoms with van der Waals surface area (Å²) in [5.41, 5.74) is 2.40. The van der Waals surface area contributed by atoms with Crippen LogP contribution in [0.4, 0.5) is 5.69 Å². The van der Waals surface area contributed by atoms with Crippen LogP contribution in [0, 0.1) is 0 Å². The van der Waals surface area contributed by atoms with Gasteiger partial charge in [0.1, 0.15) is 10.6 Å². The number of carbonyl (C=O) groups is 1. The number of ether oxygens (including phenoxy) is 1. The highest BCUT2D eigenvalue weighted by molar-refractivity contribution is 7.89. The van der Waals surface area contributed by atoms with Gasteiger partial charge in [0.25, 0.3) is 5.91 Å². The summed E-state index contributed by atoms with van der Waals surface area (Å²) >= 11 is 0. The van der Waals surface area contributed by atoms with Crippen LogP contribution in [-0.2, 0) is 16.4 Å². The smallest absolute Gasteiger partial charge is 0.258 e. The molecule has 0 saturated carbocycles. The minimum atomic E-state index is -3.75. The first kappa shape index (κ1) is 21.8. The topological polar surface area (TPSA) is 66.9 Å². The van der Waals surface area contributed by atoms with Crippen molar-refractivity contribution < 1.29 is 17.9 Å². The molecule has 2 aromatic rings. The molecule has 166 valence electrons. The fraction of sp³-hybridized carbons (Fsp3) is 0.458. The fourth-order valence-corrected chi connectivity index (χ4v) is 6.27. The molecule has 4 rings (SSSR count). The SMILES string of the molecule is COc1ccc(C(=O)N2c3ccccc3CCC2C)cc1S(=O)(=O)N1CCCCCC1. The van der Waals surface area contributed by atoms with Crippen molar-refractivity contribution in [2.75, 3.05) is 25.1 Å². The first-order valence-electron chi connectivity index (χ1n) is 11.0. The van der Waals surface area contributed by atoms with E-state index in [9.17, 15) is 13.2 Å². The number of benzene rings is 2. The molecule has 0 bridgehead atoms. The Balaban J connectivity index is 1.73. The highest BCUT2D eigenvalue weighted by atomic mass is 32.2. The number of anilines is 1. The molecule has 31 heavy (non-hydrogen) atoms. The van der Waals surface area contributed by atoms with Gasteiger partial charge in [-0.05, 0) is 62.4 Å². The Labute approximate surface area is 184 Å². The Bertz CT molecular complexity index is 1060. The average Bonchev–Trinajstić information content (AvgIpc) is 3.08. The molecule has 2 aliphatic rings. The lowest BCUT2D eigenvalue weighted by Gasteiger charge is -2.35. The molecule has 2 aliphatic heterocycles.